The maximum atomic E-state index is 12.2. The van der Waals surface area contributed by atoms with Crippen LogP contribution in [0.1, 0.15) is 54.9 Å². The van der Waals surface area contributed by atoms with Crippen LogP contribution in [0.25, 0.3) is 0 Å². The van der Waals surface area contributed by atoms with Crippen LogP contribution in [-0.2, 0) is 9.53 Å². The number of para-hydroxylation sites is 1. The summed E-state index contributed by atoms with van der Waals surface area (Å²) in [4.78, 5) is 24.2. The van der Waals surface area contributed by atoms with Crippen molar-refractivity contribution in [3.63, 3.8) is 0 Å². The SMILES string of the molecule is Cc1cccc(C(=O)O[C@H](C)C(=O)NCCC2=CCCCC2)c1N. The second-order valence-electron chi connectivity index (χ2n) is 6.23. The minimum atomic E-state index is -0.849. The molecule has 1 aliphatic carbocycles. The second kappa shape index (κ2) is 8.52. The zero-order valence-electron chi connectivity index (χ0n) is 14.4. The minimum Gasteiger partial charge on any atom is -0.449 e. The average Bonchev–Trinajstić information content (AvgIpc) is 2.58. The molecule has 1 atom stereocenters. The number of amides is 1. The molecule has 5 nitrogen and oxygen atoms in total. The Morgan fingerprint density at radius 2 is 2.12 bits per heavy atom. The topological polar surface area (TPSA) is 81.4 Å². The van der Waals surface area contributed by atoms with E-state index in [1.54, 1.807) is 19.1 Å². The van der Waals surface area contributed by atoms with Crippen molar-refractivity contribution >= 4 is 17.6 Å². The maximum Gasteiger partial charge on any atom is 0.341 e. The number of carbonyl (C=O) groups excluding carboxylic acids is 2. The van der Waals surface area contributed by atoms with E-state index in [-0.39, 0.29) is 5.91 Å². The van der Waals surface area contributed by atoms with Crippen LogP contribution in [0, 0.1) is 6.92 Å². The number of hydrogen-bond donors (Lipinski definition) is 2. The van der Waals surface area contributed by atoms with Crippen LogP contribution in [-0.4, -0.2) is 24.5 Å². The fraction of sp³-hybridized carbons (Fsp3) is 0.474. The molecule has 130 valence electrons. The Hall–Kier alpha value is -2.30. The van der Waals surface area contributed by atoms with Crippen LogP contribution >= 0.6 is 0 Å². The van der Waals surface area contributed by atoms with Gasteiger partial charge in [-0.25, -0.2) is 4.79 Å². The molecule has 0 aliphatic heterocycles. The second-order valence-corrected chi connectivity index (χ2v) is 6.23. The van der Waals surface area contributed by atoms with Gasteiger partial charge in [-0.2, -0.15) is 0 Å². The van der Waals surface area contributed by atoms with Gasteiger partial charge < -0.3 is 15.8 Å². The zero-order valence-corrected chi connectivity index (χ0v) is 14.4. The molecule has 0 fully saturated rings. The first-order chi connectivity index (χ1) is 11.5. The van der Waals surface area contributed by atoms with Crippen LogP contribution in [0.5, 0.6) is 0 Å². The number of carbonyl (C=O) groups is 2. The Kier molecular flexibility index (Phi) is 6.41. The molecule has 0 saturated carbocycles. The Morgan fingerprint density at radius 1 is 1.33 bits per heavy atom. The van der Waals surface area contributed by atoms with Gasteiger partial charge in [0.25, 0.3) is 5.91 Å². The van der Waals surface area contributed by atoms with Crippen molar-refractivity contribution in [1.29, 1.82) is 0 Å². The zero-order chi connectivity index (χ0) is 17.5. The summed E-state index contributed by atoms with van der Waals surface area (Å²) in [5.74, 6) is -0.861. The van der Waals surface area contributed by atoms with Crippen LogP contribution in [0.4, 0.5) is 5.69 Å². The van der Waals surface area contributed by atoms with Gasteiger partial charge in [-0.05, 0) is 57.6 Å². The predicted octanol–water partition coefficient (Wildman–Crippen LogP) is 3.13. The molecule has 0 radical (unpaired) electrons. The van der Waals surface area contributed by atoms with Crippen molar-refractivity contribution in [2.45, 2.75) is 52.1 Å². The van der Waals surface area contributed by atoms with Gasteiger partial charge in [0.2, 0.25) is 0 Å². The molecule has 24 heavy (non-hydrogen) atoms. The molecule has 1 aromatic carbocycles. The third kappa shape index (κ3) is 4.85. The predicted molar refractivity (Wildman–Crippen MR) is 94.6 cm³/mol. The van der Waals surface area contributed by atoms with E-state index in [4.69, 9.17) is 10.5 Å². The summed E-state index contributed by atoms with van der Waals surface area (Å²) in [5.41, 5.74) is 8.78. The van der Waals surface area contributed by atoms with Crippen molar-refractivity contribution in [3.8, 4) is 0 Å². The Labute approximate surface area is 143 Å². The van der Waals surface area contributed by atoms with Crippen molar-refractivity contribution in [3.05, 3.63) is 41.0 Å². The molecule has 2 rings (SSSR count). The lowest BCUT2D eigenvalue weighted by Crippen LogP contribution is -2.36. The number of nitrogen functional groups attached to an aromatic ring is 1. The Morgan fingerprint density at radius 3 is 2.83 bits per heavy atom. The van der Waals surface area contributed by atoms with E-state index >= 15 is 0 Å². The lowest BCUT2D eigenvalue weighted by molar-refractivity contribution is -0.129. The van der Waals surface area contributed by atoms with E-state index in [0.717, 1.165) is 24.8 Å². The molecule has 0 aromatic heterocycles. The maximum absolute atomic E-state index is 12.2. The molecule has 0 spiro atoms. The fourth-order valence-electron chi connectivity index (χ4n) is 2.76. The highest BCUT2D eigenvalue weighted by atomic mass is 16.5. The highest BCUT2D eigenvalue weighted by Crippen LogP contribution is 2.20. The summed E-state index contributed by atoms with van der Waals surface area (Å²) >= 11 is 0. The number of benzene rings is 1. The van der Waals surface area contributed by atoms with Gasteiger partial charge in [-0.3, -0.25) is 4.79 Å². The van der Waals surface area contributed by atoms with E-state index in [9.17, 15) is 9.59 Å². The highest BCUT2D eigenvalue weighted by Gasteiger charge is 2.20. The number of ether oxygens (including phenoxy) is 1. The molecule has 0 saturated heterocycles. The molecule has 1 aliphatic rings. The number of esters is 1. The summed E-state index contributed by atoms with van der Waals surface area (Å²) in [6.07, 6.45) is 7.01. The molecule has 0 unspecified atom stereocenters. The number of anilines is 1. The lowest BCUT2D eigenvalue weighted by atomic mass is 9.97. The summed E-state index contributed by atoms with van der Waals surface area (Å²) in [6, 6.07) is 5.16. The molecule has 3 N–H and O–H groups in total. The highest BCUT2D eigenvalue weighted by molar-refractivity contribution is 5.97. The minimum absolute atomic E-state index is 0.286. The van der Waals surface area contributed by atoms with E-state index in [1.807, 2.05) is 13.0 Å². The third-order valence-electron chi connectivity index (χ3n) is 4.33. The summed E-state index contributed by atoms with van der Waals surface area (Å²) in [5, 5.41) is 2.82. The van der Waals surface area contributed by atoms with Crippen molar-refractivity contribution < 1.29 is 14.3 Å². The van der Waals surface area contributed by atoms with Gasteiger partial charge in [-0.15, -0.1) is 0 Å². The lowest BCUT2D eigenvalue weighted by Gasteiger charge is -2.16. The molecular weight excluding hydrogens is 304 g/mol. The van der Waals surface area contributed by atoms with Crippen LogP contribution in [0.2, 0.25) is 0 Å². The standard InChI is InChI=1S/C19H26N2O3/c1-13-7-6-10-16(17(13)20)19(23)24-14(2)18(22)21-12-11-15-8-4-3-5-9-15/h6-8,10,14H,3-5,9,11-12,20H2,1-2H3,(H,21,22)/t14-/m1/s1. The molecule has 1 aromatic rings. The monoisotopic (exact) mass is 330 g/mol. The van der Waals surface area contributed by atoms with Crippen LogP contribution < -0.4 is 11.1 Å². The average molecular weight is 330 g/mol. The Bertz CT molecular complexity index is 637. The summed E-state index contributed by atoms with van der Waals surface area (Å²) in [6.45, 7) is 3.96. The first-order valence-corrected chi connectivity index (χ1v) is 8.50. The number of nitrogens with one attached hydrogen (secondary N) is 1. The number of nitrogens with two attached hydrogens (primary N) is 1. The molecule has 0 heterocycles. The molecule has 0 bridgehead atoms. The van der Waals surface area contributed by atoms with E-state index in [2.05, 4.69) is 11.4 Å². The quantitative estimate of drug-likeness (QED) is 0.477. The number of rotatable bonds is 6. The van der Waals surface area contributed by atoms with Gasteiger partial charge in [0.05, 0.1) is 5.56 Å². The third-order valence-corrected chi connectivity index (χ3v) is 4.33. The Balaban J connectivity index is 1.81. The van der Waals surface area contributed by atoms with Crippen molar-refractivity contribution in [2.75, 3.05) is 12.3 Å². The largest absolute Gasteiger partial charge is 0.449 e. The molecule has 1 amide bonds. The number of aryl methyl sites for hydroxylation is 1. The normalized spacial score (nSPS) is 15.3. The van der Waals surface area contributed by atoms with Gasteiger partial charge in [0.15, 0.2) is 6.10 Å². The number of allylic oxidation sites excluding steroid dienone is 1. The fourth-order valence-corrected chi connectivity index (χ4v) is 2.76. The first kappa shape index (κ1) is 18.0. The van der Waals surface area contributed by atoms with E-state index in [0.29, 0.717) is 17.8 Å². The molecular formula is C19H26N2O3. The van der Waals surface area contributed by atoms with Crippen LogP contribution in [0.3, 0.4) is 0 Å². The van der Waals surface area contributed by atoms with Gasteiger partial charge in [-0.1, -0.05) is 23.8 Å². The smallest absolute Gasteiger partial charge is 0.341 e. The summed E-state index contributed by atoms with van der Waals surface area (Å²) in [7, 11) is 0. The first-order valence-electron chi connectivity index (χ1n) is 8.50. The van der Waals surface area contributed by atoms with E-state index in [1.165, 1.54) is 18.4 Å². The number of hydrogen-bond acceptors (Lipinski definition) is 4. The molecule has 5 heteroatoms. The van der Waals surface area contributed by atoms with Crippen molar-refractivity contribution in [1.82, 2.24) is 5.32 Å². The van der Waals surface area contributed by atoms with Crippen LogP contribution in [0.15, 0.2) is 29.8 Å². The van der Waals surface area contributed by atoms with E-state index < -0.39 is 12.1 Å². The van der Waals surface area contributed by atoms with Gasteiger partial charge in [0.1, 0.15) is 0 Å². The van der Waals surface area contributed by atoms with Crippen molar-refractivity contribution in [2.24, 2.45) is 0 Å². The summed E-state index contributed by atoms with van der Waals surface area (Å²) < 4.78 is 5.23. The van der Waals surface area contributed by atoms with Gasteiger partial charge >= 0.3 is 5.97 Å². The van der Waals surface area contributed by atoms with Gasteiger partial charge in [0, 0.05) is 12.2 Å².